The zero-order valence-electron chi connectivity index (χ0n) is 11.1. The molecule has 0 saturated heterocycles. The molecule has 1 N–H and O–H groups in total. The maximum atomic E-state index is 12.2. The third-order valence-electron chi connectivity index (χ3n) is 3.88. The Morgan fingerprint density at radius 2 is 2.00 bits per heavy atom. The fraction of sp³-hybridized carbons (Fsp3) is 0.533. The minimum atomic E-state index is -0.0676. The first-order chi connectivity index (χ1) is 9.04. The van der Waals surface area contributed by atoms with Gasteiger partial charge in [-0.05, 0) is 43.5 Å². The van der Waals surface area contributed by atoms with Crippen LogP contribution in [0.5, 0.6) is 0 Å². The molecule has 0 bridgehead atoms. The second kappa shape index (κ2) is 6.15. The quantitative estimate of drug-likeness (QED) is 0.830. The molecule has 1 aromatic rings. The maximum absolute atomic E-state index is 12.2. The van der Waals surface area contributed by atoms with Gasteiger partial charge in [0.15, 0.2) is 0 Å². The van der Waals surface area contributed by atoms with Gasteiger partial charge in [0, 0.05) is 28.4 Å². The van der Waals surface area contributed by atoms with E-state index in [0.29, 0.717) is 23.0 Å². The van der Waals surface area contributed by atoms with Crippen LogP contribution in [0.3, 0.4) is 0 Å². The van der Waals surface area contributed by atoms with E-state index in [4.69, 9.17) is 23.2 Å². The zero-order chi connectivity index (χ0) is 13.9. The van der Waals surface area contributed by atoms with E-state index in [9.17, 15) is 4.79 Å². The van der Waals surface area contributed by atoms with Crippen molar-refractivity contribution in [2.75, 3.05) is 12.4 Å². The smallest absolute Gasteiger partial charge is 0.251 e. The van der Waals surface area contributed by atoms with Gasteiger partial charge in [0.05, 0.1) is 0 Å². The molecule has 1 aromatic carbocycles. The van der Waals surface area contributed by atoms with E-state index in [0.717, 1.165) is 18.4 Å². The van der Waals surface area contributed by atoms with E-state index in [1.165, 1.54) is 12.8 Å². The van der Waals surface area contributed by atoms with Crippen molar-refractivity contribution in [1.82, 2.24) is 5.32 Å². The molecule has 0 heterocycles. The number of halogens is 2. The van der Waals surface area contributed by atoms with Crippen molar-refractivity contribution in [3.8, 4) is 0 Å². The summed E-state index contributed by atoms with van der Waals surface area (Å²) in [4.78, 5) is 12.2. The van der Waals surface area contributed by atoms with Crippen LogP contribution >= 0.6 is 23.2 Å². The van der Waals surface area contributed by atoms with Crippen molar-refractivity contribution < 1.29 is 4.79 Å². The number of hydrogen-bond acceptors (Lipinski definition) is 1. The number of benzene rings is 1. The molecular formula is C15H19Cl2NO. The number of aryl methyl sites for hydroxylation is 1. The van der Waals surface area contributed by atoms with Crippen LogP contribution in [0.4, 0.5) is 0 Å². The number of rotatable bonds is 4. The van der Waals surface area contributed by atoms with Crippen molar-refractivity contribution in [2.24, 2.45) is 5.41 Å². The summed E-state index contributed by atoms with van der Waals surface area (Å²) in [7, 11) is 0. The Labute approximate surface area is 124 Å². The van der Waals surface area contributed by atoms with Gasteiger partial charge in [-0.25, -0.2) is 0 Å². The molecule has 1 aliphatic carbocycles. The summed E-state index contributed by atoms with van der Waals surface area (Å²) < 4.78 is 0. The lowest BCUT2D eigenvalue weighted by molar-refractivity contribution is 0.0935. The van der Waals surface area contributed by atoms with Gasteiger partial charge in [0.25, 0.3) is 5.91 Å². The van der Waals surface area contributed by atoms with E-state index in [1.54, 1.807) is 6.07 Å². The van der Waals surface area contributed by atoms with Crippen LogP contribution in [0.25, 0.3) is 0 Å². The van der Waals surface area contributed by atoms with Crippen molar-refractivity contribution in [1.29, 1.82) is 0 Å². The van der Waals surface area contributed by atoms with Crippen molar-refractivity contribution in [3.63, 3.8) is 0 Å². The fourth-order valence-electron chi connectivity index (χ4n) is 2.72. The van der Waals surface area contributed by atoms with Crippen molar-refractivity contribution in [2.45, 2.75) is 32.6 Å². The first-order valence-corrected chi connectivity index (χ1v) is 7.57. The van der Waals surface area contributed by atoms with E-state index in [-0.39, 0.29) is 11.3 Å². The highest BCUT2D eigenvalue weighted by atomic mass is 35.5. The van der Waals surface area contributed by atoms with Gasteiger partial charge < -0.3 is 5.32 Å². The molecular weight excluding hydrogens is 281 g/mol. The van der Waals surface area contributed by atoms with Gasteiger partial charge in [-0.2, -0.15) is 0 Å². The van der Waals surface area contributed by atoms with Crippen LogP contribution in [0.2, 0.25) is 5.02 Å². The molecule has 0 radical (unpaired) electrons. The summed E-state index contributed by atoms with van der Waals surface area (Å²) in [5, 5.41) is 3.60. The second-order valence-corrected chi connectivity index (χ2v) is 6.24. The lowest BCUT2D eigenvalue weighted by Crippen LogP contribution is -2.37. The molecule has 0 aliphatic heterocycles. The summed E-state index contributed by atoms with van der Waals surface area (Å²) in [6.07, 6.45) is 4.62. The summed E-state index contributed by atoms with van der Waals surface area (Å²) in [5.74, 6) is 0.545. The van der Waals surface area contributed by atoms with E-state index >= 15 is 0 Å². The van der Waals surface area contributed by atoms with Crippen LogP contribution in [0.15, 0.2) is 18.2 Å². The number of amides is 1. The van der Waals surface area contributed by atoms with Crippen LogP contribution in [0.1, 0.15) is 41.6 Å². The number of hydrogen-bond donors (Lipinski definition) is 1. The summed E-state index contributed by atoms with van der Waals surface area (Å²) in [6.45, 7) is 2.58. The fourth-order valence-corrected chi connectivity index (χ4v) is 3.37. The van der Waals surface area contributed by atoms with Crippen LogP contribution < -0.4 is 5.32 Å². The zero-order valence-corrected chi connectivity index (χ0v) is 12.7. The summed E-state index contributed by atoms with van der Waals surface area (Å²) >= 11 is 12.0. The first-order valence-electron chi connectivity index (χ1n) is 6.66. The monoisotopic (exact) mass is 299 g/mol. The molecule has 0 unspecified atom stereocenters. The molecule has 2 rings (SSSR count). The van der Waals surface area contributed by atoms with E-state index in [2.05, 4.69) is 5.32 Å². The van der Waals surface area contributed by atoms with E-state index in [1.807, 2.05) is 19.1 Å². The minimum Gasteiger partial charge on any atom is -0.351 e. The molecule has 0 spiro atoms. The third-order valence-corrected chi connectivity index (χ3v) is 4.66. The molecule has 4 heteroatoms. The maximum Gasteiger partial charge on any atom is 0.251 e. The highest BCUT2D eigenvalue weighted by Crippen LogP contribution is 2.38. The molecule has 1 amide bonds. The number of carbonyl (C=O) groups is 1. The summed E-state index contributed by atoms with van der Waals surface area (Å²) in [5.41, 5.74) is 1.70. The Kier molecular flexibility index (Phi) is 4.75. The van der Waals surface area contributed by atoms with Gasteiger partial charge >= 0.3 is 0 Å². The van der Waals surface area contributed by atoms with Crippen LogP contribution in [-0.4, -0.2) is 18.3 Å². The van der Waals surface area contributed by atoms with Gasteiger partial charge in [0.1, 0.15) is 0 Å². The minimum absolute atomic E-state index is 0.0676. The van der Waals surface area contributed by atoms with E-state index < -0.39 is 0 Å². The third kappa shape index (κ3) is 3.64. The standard InChI is InChI=1S/C15H19Cl2NO/c1-11-6-12(8-13(17)7-11)14(19)18-10-15(9-16)4-2-3-5-15/h6-8H,2-5,9-10H2,1H3,(H,18,19). The molecule has 104 valence electrons. The van der Waals surface area contributed by atoms with Gasteiger partial charge in [-0.15, -0.1) is 11.6 Å². The van der Waals surface area contributed by atoms with Crippen molar-refractivity contribution >= 4 is 29.1 Å². The highest BCUT2D eigenvalue weighted by Gasteiger charge is 2.33. The van der Waals surface area contributed by atoms with Crippen LogP contribution in [0, 0.1) is 12.3 Å². The lowest BCUT2D eigenvalue weighted by atomic mass is 9.88. The number of nitrogens with one attached hydrogen (secondary N) is 1. The molecule has 0 aromatic heterocycles. The number of alkyl halides is 1. The topological polar surface area (TPSA) is 29.1 Å². The normalized spacial score (nSPS) is 17.4. The Balaban J connectivity index is 2.01. The lowest BCUT2D eigenvalue weighted by Gasteiger charge is -2.26. The SMILES string of the molecule is Cc1cc(Cl)cc(C(=O)NCC2(CCl)CCCC2)c1. The Morgan fingerprint density at radius 3 is 2.58 bits per heavy atom. The molecule has 1 saturated carbocycles. The predicted molar refractivity (Wildman–Crippen MR) is 80.1 cm³/mol. The van der Waals surface area contributed by atoms with Gasteiger partial charge in [-0.3, -0.25) is 4.79 Å². The molecule has 1 aliphatic rings. The molecule has 19 heavy (non-hydrogen) atoms. The molecule has 2 nitrogen and oxygen atoms in total. The number of carbonyl (C=O) groups excluding carboxylic acids is 1. The Morgan fingerprint density at radius 1 is 1.32 bits per heavy atom. The molecule has 0 atom stereocenters. The molecule has 1 fully saturated rings. The highest BCUT2D eigenvalue weighted by molar-refractivity contribution is 6.31. The van der Waals surface area contributed by atoms with Crippen LogP contribution in [-0.2, 0) is 0 Å². The largest absolute Gasteiger partial charge is 0.351 e. The van der Waals surface area contributed by atoms with Gasteiger partial charge in [0.2, 0.25) is 0 Å². The van der Waals surface area contributed by atoms with Gasteiger partial charge in [-0.1, -0.05) is 24.4 Å². The van der Waals surface area contributed by atoms with Crippen molar-refractivity contribution in [3.05, 3.63) is 34.3 Å². The summed E-state index contributed by atoms with van der Waals surface area (Å²) in [6, 6.07) is 5.39. The Bertz CT molecular complexity index is 447. The Hall–Kier alpha value is -0.730. The average molecular weight is 300 g/mol. The first kappa shape index (κ1) is 14.7. The second-order valence-electron chi connectivity index (χ2n) is 5.54. The predicted octanol–water partition coefficient (Wildman–Crippen LogP) is 4.18. The average Bonchev–Trinajstić information content (AvgIpc) is 2.84.